The molecule has 142 valence electrons. The van der Waals surface area contributed by atoms with Gasteiger partial charge in [-0.15, -0.1) is 0 Å². The standard InChI is InChI=1S/C21H20F3NO2/c1-15(2)17-8-10-19(11-9-17)27-14-20(26)25-12-4-6-16-5-3-7-18(13-16)21(22,23)24/h3,5,7-11,13,15H,12,14H2,1-2H3,(H,25,26). The van der Waals surface area contributed by atoms with E-state index in [1.54, 1.807) is 12.1 Å². The lowest BCUT2D eigenvalue weighted by Crippen LogP contribution is -2.29. The Hall–Kier alpha value is -2.94. The molecule has 0 aliphatic heterocycles. The Labute approximate surface area is 156 Å². The largest absolute Gasteiger partial charge is 0.484 e. The number of carbonyl (C=O) groups is 1. The molecule has 6 heteroatoms. The Morgan fingerprint density at radius 3 is 2.48 bits per heavy atom. The summed E-state index contributed by atoms with van der Waals surface area (Å²) < 4.78 is 43.3. The maximum absolute atomic E-state index is 12.6. The number of hydrogen-bond donors (Lipinski definition) is 1. The highest BCUT2D eigenvalue weighted by Crippen LogP contribution is 2.29. The van der Waals surface area contributed by atoms with Gasteiger partial charge in [0, 0.05) is 5.56 Å². The molecule has 0 saturated carbocycles. The highest BCUT2D eigenvalue weighted by Gasteiger charge is 2.30. The molecule has 1 N–H and O–H groups in total. The minimum atomic E-state index is -4.41. The summed E-state index contributed by atoms with van der Waals surface area (Å²) in [6, 6.07) is 12.2. The molecular formula is C21H20F3NO2. The van der Waals surface area contributed by atoms with E-state index in [4.69, 9.17) is 4.74 Å². The normalized spacial score (nSPS) is 10.9. The molecule has 0 spiro atoms. The molecule has 0 radical (unpaired) electrons. The van der Waals surface area contributed by atoms with Crippen molar-refractivity contribution in [2.75, 3.05) is 13.2 Å². The van der Waals surface area contributed by atoms with Crippen LogP contribution in [-0.2, 0) is 11.0 Å². The first-order chi connectivity index (χ1) is 12.8. The van der Waals surface area contributed by atoms with E-state index in [1.165, 1.54) is 17.7 Å². The van der Waals surface area contributed by atoms with Crippen LogP contribution in [0.5, 0.6) is 5.75 Å². The van der Waals surface area contributed by atoms with E-state index in [9.17, 15) is 18.0 Å². The molecular weight excluding hydrogens is 355 g/mol. The van der Waals surface area contributed by atoms with Gasteiger partial charge in [-0.3, -0.25) is 4.79 Å². The van der Waals surface area contributed by atoms with Crippen molar-refractivity contribution in [2.45, 2.75) is 25.9 Å². The third kappa shape index (κ3) is 6.70. The molecule has 1 amide bonds. The van der Waals surface area contributed by atoms with Crippen LogP contribution in [0.1, 0.15) is 36.5 Å². The number of rotatable bonds is 5. The second-order valence-corrected chi connectivity index (χ2v) is 6.17. The molecule has 2 aromatic rings. The van der Waals surface area contributed by atoms with Gasteiger partial charge in [0.25, 0.3) is 5.91 Å². The third-order valence-corrected chi connectivity index (χ3v) is 3.71. The van der Waals surface area contributed by atoms with Gasteiger partial charge in [-0.05, 0) is 41.8 Å². The lowest BCUT2D eigenvalue weighted by molar-refractivity contribution is -0.137. The summed E-state index contributed by atoms with van der Waals surface area (Å²) in [6.45, 7) is 4.03. The van der Waals surface area contributed by atoms with Gasteiger partial charge in [0.1, 0.15) is 5.75 Å². The van der Waals surface area contributed by atoms with Crippen molar-refractivity contribution in [1.29, 1.82) is 0 Å². The quantitative estimate of drug-likeness (QED) is 0.788. The van der Waals surface area contributed by atoms with E-state index < -0.39 is 11.7 Å². The number of benzene rings is 2. The van der Waals surface area contributed by atoms with Gasteiger partial charge >= 0.3 is 6.18 Å². The Morgan fingerprint density at radius 1 is 1.15 bits per heavy atom. The lowest BCUT2D eigenvalue weighted by atomic mass is 10.0. The molecule has 0 atom stereocenters. The number of ether oxygens (including phenoxy) is 1. The summed E-state index contributed by atoms with van der Waals surface area (Å²) in [7, 11) is 0. The second kappa shape index (κ2) is 9.13. The van der Waals surface area contributed by atoms with Crippen molar-refractivity contribution in [1.82, 2.24) is 5.32 Å². The molecule has 0 aliphatic rings. The van der Waals surface area contributed by atoms with Crippen LogP contribution in [0.25, 0.3) is 0 Å². The van der Waals surface area contributed by atoms with Crippen LogP contribution in [0.3, 0.4) is 0 Å². The van der Waals surface area contributed by atoms with E-state index in [1.807, 2.05) is 12.1 Å². The van der Waals surface area contributed by atoms with E-state index in [0.717, 1.165) is 12.1 Å². The zero-order valence-corrected chi connectivity index (χ0v) is 15.1. The Balaban J connectivity index is 1.79. The minimum absolute atomic E-state index is 0.0186. The predicted octanol–water partition coefficient (Wildman–Crippen LogP) is 4.38. The summed E-state index contributed by atoms with van der Waals surface area (Å²) in [5, 5.41) is 2.54. The van der Waals surface area contributed by atoms with Crippen molar-refractivity contribution in [3.8, 4) is 17.6 Å². The molecule has 0 unspecified atom stereocenters. The van der Waals surface area contributed by atoms with E-state index in [2.05, 4.69) is 31.0 Å². The van der Waals surface area contributed by atoms with Gasteiger partial charge in [-0.25, -0.2) is 0 Å². The molecule has 0 fully saturated rings. The monoisotopic (exact) mass is 375 g/mol. The molecule has 3 nitrogen and oxygen atoms in total. The average Bonchev–Trinajstić information content (AvgIpc) is 2.63. The summed E-state index contributed by atoms with van der Waals surface area (Å²) in [6.07, 6.45) is -4.41. The molecule has 27 heavy (non-hydrogen) atoms. The molecule has 0 saturated heterocycles. The van der Waals surface area contributed by atoms with Gasteiger partial charge in [0.15, 0.2) is 6.61 Å². The summed E-state index contributed by atoms with van der Waals surface area (Å²) in [5.74, 6) is 5.86. The van der Waals surface area contributed by atoms with Gasteiger partial charge < -0.3 is 10.1 Å². The fourth-order valence-electron chi connectivity index (χ4n) is 2.21. The van der Waals surface area contributed by atoms with Crippen LogP contribution >= 0.6 is 0 Å². The second-order valence-electron chi connectivity index (χ2n) is 6.17. The Morgan fingerprint density at radius 2 is 1.85 bits per heavy atom. The lowest BCUT2D eigenvalue weighted by Gasteiger charge is -2.08. The number of amides is 1. The topological polar surface area (TPSA) is 38.3 Å². The number of nitrogens with one attached hydrogen (secondary N) is 1. The highest BCUT2D eigenvalue weighted by molar-refractivity contribution is 5.77. The first-order valence-electron chi connectivity index (χ1n) is 8.41. The van der Waals surface area contributed by atoms with Gasteiger partial charge in [-0.1, -0.05) is 43.9 Å². The average molecular weight is 375 g/mol. The summed E-state index contributed by atoms with van der Waals surface area (Å²) in [5.41, 5.74) is 0.660. The molecule has 2 rings (SSSR count). The van der Waals surface area contributed by atoms with Crippen LogP contribution in [0.15, 0.2) is 48.5 Å². The Kier molecular flexibility index (Phi) is 6.89. The number of hydrogen-bond acceptors (Lipinski definition) is 2. The first kappa shape index (κ1) is 20.4. The first-order valence-corrected chi connectivity index (χ1v) is 8.41. The number of carbonyl (C=O) groups excluding carboxylic acids is 1. The van der Waals surface area contributed by atoms with Crippen molar-refractivity contribution < 1.29 is 22.7 Å². The zero-order valence-electron chi connectivity index (χ0n) is 15.1. The summed E-state index contributed by atoms with van der Waals surface area (Å²) in [4.78, 5) is 11.7. The van der Waals surface area contributed by atoms with Crippen LogP contribution < -0.4 is 10.1 Å². The van der Waals surface area contributed by atoms with Crippen molar-refractivity contribution in [3.05, 3.63) is 65.2 Å². The van der Waals surface area contributed by atoms with Crippen molar-refractivity contribution in [3.63, 3.8) is 0 Å². The summed E-state index contributed by atoms with van der Waals surface area (Å²) >= 11 is 0. The maximum atomic E-state index is 12.6. The van der Waals surface area contributed by atoms with Gasteiger partial charge in [0.05, 0.1) is 12.1 Å². The predicted molar refractivity (Wildman–Crippen MR) is 97.4 cm³/mol. The number of alkyl halides is 3. The van der Waals surface area contributed by atoms with Crippen LogP contribution in [0.2, 0.25) is 0 Å². The van der Waals surface area contributed by atoms with E-state index in [-0.39, 0.29) is 24.6 Å². The van der Waals surface area contributed by atoms with E-state index >= 15 is 0 Å². The van der Waals surface area contributed by atoms with Gasteiger partial charge in [0.2, 0.25) is 0 Å². The molecule has 0 aliphatic carbocycles. The highest BCUT2D eigenvalue weighted by atomic mass is 19.4. The molecule has 0 bridgehead atoms. The SMILES string of the molecule is CC(C)c1ccc(OCC(=O)NCC#Cc2cccc(C(F)(F)F)c2)cc1. The fourth-order valence-corrected chi connectivity index (χ4v) is 2.21. The molecule has 0 heterocycles. The van der Waals surface area contributed by atoms with Crippen LogP contribution in [0.4, 0.5) is 13.2 Å². The fraction of sp³-hybridized carbons (Fsp3) is 0.286. The van der Waals surface area contributed by atoms with Crippen LogP contribution in [-0.4, -0.2) is 19.1 Å². The van der Waals surface area contributed by atoms with Crippen LogP contribution in [0, 0.1) is 11.8 Å². The Bertz CT molecular complexity index is 831. The smallest absolute Gasteiger partial charge is 0.416 e. The molecule has 2 aromatic carbocycles. The van der Waals surface area contributed by atoms with Crippen molar-refractivity contribution in [2.24, 2.45) is 0 Å². The molecule has 0 aromatic heterocycles. The zero-order chi connectivity index (χ0) is 19.9. The van der Waals surface area contributed by atoms with Crippen molar-refractivity contribution >= 4 is 5.91 Å². The number of halogens is 3. The van der Waals surface area contributed by atoms with E-state index in [0.29, 0.717) is 11.7 Å². The minimum Gasteiger partial charge on any atom is -0.484 e. The van der Waals surface area contributed by atoms with Gasteiger partial charge in [-0.2, -0.15) is 13.2 Å². The maximum Gasteiger partial charge on any atom is 0.416 e. The third-order valence-electron chi connectivity index (χ3n) is 3.71.